The second-order valence-corrected chi connectivity index (χ2v) is 6.12. The van der Waals surface area contributed by atoms with Crippen molar-refractivity contribution in [2.75, 3.05) is 12.3 Å². The summed E-state index contributed by atoms with van der Waals surface area (Å²) in [7, 11) is 0. The first kappa shape index (κ1) is 19.4. The molecule has 0 atom stereocenters. The largest absolute Gasteiger partial charge is 0.480 e. The normalized spacial score (nSPS) is 10.5. The zero-order valence-electron chi connectivity index (χ0n) is 13.1. The van der Waals surface area contributed by atoms with Crippen LogP contribution in [-0.4, -0.2) is 51.1 Å². The van der Waals surface area contributed by atoms with Gasteiger partial charge in [-0.3, -0.25) is 24.5 Å². The van der Waals surface area contributed by atoms with Crippen molar-refractivity contribution in [3.63, 3.8) is 0 Å². The second kappa shape index (κ2) is 8.29. The van der Waals surface area contributed by atoms with Crippen LogP contribution in [0.4, 0.5) is 5.69 Å². The average Bonchev–Trinajstić information content (AvgIpc) is 2.49. The monoisotopic (exact) mass is 355 g/mol. The Morgan fingerprint density at radius 2 is 2.00 bits per heavy atom. The Kier molecular flexibility index (Phi) is 6.71. The molecule has 0 aliphatic heterocycles. The predicted octanol–water partition coefficient (Wildman–Crippen LogP) is 1.11. The van der Waals surface area contributed by atoms with E-state index in [1.165, 1.54) is 17.0 Å². The average molecular weight is 355 g/mol. The first-order chi connectivity index (χ1) is 11.1. The number of nitrogens with zero attached hydrogens (tertiary/aromatic N) is 2. The minimum atomic E-state index is -1.14. The van der Waals surface area contributed by atoms with Crippen LogP contribution in [0.1, 0.15) is 24.2 Å². The van der Waals surface area contributed by atoms with Crippen molar-refractivity contribution in [3.8, 4) is 0 Å². The van der Waals surface area contributed by atoms with E-state index in [9.17, 15) is 24.5 Å². The van der Waals surface area contributed by atoms with Crippen LogP contribution in [-0.2, 0) is 9.59 Å². The lowest BCUT2D eigenvalue weighted by Crippen LogP contribution is -2.41. The SMILES string of the molecule is CC(C)N(CC(=O)O)C(=O)CSc1ccc(C(N)=O)cc1[N+](=O)[O-]. The summed E-state index contributed by atoms with van der Waals surface area (Å²) in [6, 6.07) is 3.40. The molecule has 1 aromatic carbocycles. The standard InChI is InChI=1S/C14H17N3O6S/c1-8(2)16(6-13(19)20)12(18)7-24-11-4-3-9(14(15)21)5-10(11)17(22)23/h3-5,8H,6-7H2,1-2H3,(H2,15,21)(H,19,20). The van der Waals surface area contributed by atoms with Crippen LogP contribution >= 0.6 is 11.8 Å². The zero-order chi connectivity index (χ0) is 18.4. The van der Waals surface area contributed by atoms with Gasteiger partial charge in [-0.2, -0.15) is 0 Å². The fourth-order valence-corrected chi connectivity index (χ4v) is 2.75. The van der Waals surface area contributed by atoms with E-state index in [4.69, 9.17) is 10.8 Å². The minimum Gasteiger partial charge on any atom is -0.480 e. The molecule has 0 saturated heterocycles. The maximum atomic E-state index is 12.1. The van der Waals surface area contributed by atoms with Gasteiger partial charge in [-0.15, -0.1) is 11.8 Å². The molecule has 2 amide bonds. The van der Waals surface area contributed by atoms with Crippen molar-refractivity contribution in [1.82, 2.24) is 4.90 Å². The maximum Gasteiger partial charge on any atom is 0.323 e. The second-order valence-electron chi connectivity index (χ2n) is 5.10. The fourth-order valence-electron chi connectivity index (χ4n) is 1.86. The van der Waals surface area contributed by atoms with E-state index in [1.54, 1.807) is 13.8 Å². The molecule has 1 aromatic rings. The molecule has 9 nitrogen and oxygen atoms in total. The molecule has 0 fully saturated rings. The predicted molar refractivity (Wildman–Crippen MR) is 86.8 cm³/mol. The highest BCUT2D eigenvalue weighted by Gasteiger charge is 2.22. The number of carboxylic acid groups (broad SMARTS) is 1. The van der Waals surface area contributed by atoms with E-state index in [-0.39, 0.29) is 27.9 Å². The zero-order valence-corrected chi connectivity index (χ0v) is 13.9. The number of amides is 2. The van der Waals surface area contributed by atoms with E-state index in [0.717, 1.165) is 17.8 Å². The summed E-state index contributed by atoms with van der Waals surface area (Å²) in [5.74, 6) is -2.55. The number of nitrogens with two attached hydrogens (primary N) is 1. The Morgan fingerprint density at radius 1 is 1.38 bits per heavy atom. The summed E-state index contributed by atoms with van der Waals surface area (Å²) in [4.78, 5) is 45.8. The third-order valence-electron chi connectivity index (χ3n) is 3.04. The first-order valence-electron chi connectivity index (χ1n) is 6.85. The molecule has 0 heterocycles. The highest BCUT2D eigenvalue weighted by molar-refractivity contribution is 8.00. The Morgan fingerprint density at radius 3 is 2.46 bits per heavy atom. The summed E-state index contributed by atoms with van der Waals surface area (Å²) in [5.41, 5.74) is 4.75. The van der Waals surface area contributed by atoms with Gasteiger partial charge in [0.2, 0.25) is 11.8 Å². The van der Waals surface area contributed by atoms with Crippen molar-refractivity contribution in [1.29, 1.82) is 0 Å². The summed E-state index contributed by atoms with van der Waals surface area (Å²) >= 11 is 0.899. The number of benzene rings is 1. The molecule has 0 aliphatic rings. The van der Waals surface area contributed by atoms with Gasteiger partial charge in [0.25, 0.3) is 5.69 Å². The lowest BCUT2D eigenvalue weighted by Gasteiger charge is -2.24. The molecule has 0 unspecified atom stereocenters. The van der Waals surface area contributed by atoms with Crippen molar-refractivity contribution in [3.05, 3.63) is 33.9 Å². The van der Waals surface area contributed by atoms with Crippen molar-refractivity contribution in [2.24, 2.45) is 5.73 Å². The van der Waals surface area contributed by atoms with Gasteiger partial charge in [0.05, 0.1) is 15.6 Å². The summed E-state index contributed by atoms with van der Waals surface area (Å²) < 4.78 is 0. The summed E-state index contributed by atoms with van der Waals surface area (Å²) in [5, 5.41) is 19.9. The van der Waals surface area contributed by atoms with Gasteiger partial charge >= 0.3 is 5.97 Å². The minimum absolute atomic E-state index is 0.00735. The van der Waals surface area contributed by atoms with Crippen molar-refractivity contribution < 1.29 is 24.4 Å². The molecule has 1 rings (SSSR count). The van der Waals surface area contributed by atoms with Gasteiger partial charge in [-0.25, -0.2) is 0 Å². The third kappa shape index (κ3) is 5.23. The quantitative estimate of drug-likeness (QED) is 0.403. The molecule has 0 radical (unpaired) electrons. The van der Waals surface area contributed by atoms with Crippen LogP contribution in [0, 0.1) is 10.1 Å². The van der Waals surface area contributed by atoms with E-state index in [1.807, 2.05) is 0 Å². The molecule has 3 N–H and O–H groups in total. The fraction of sp³-hybridized carbons (Fsp3) is 0.357. The van der Waals surface area contributed by atoms with E-state index in [0.29, 0.717) is 0 Å². The molecule has 0 saturated carbocycles. The van der Waals surface area contributed by atoms with Gasteiger partial charge in [-0.05, 0) is 26.0 Å². The van der Waals surface area contributed by atoms with Crippen LogP contribution < -0.4 is 5.73 Å². The molecule has 0 aliphatic carbocycles. The van der Waals surface area contributed by atoms with Crippen LogP contribution in [0.15, 0.2) is 23.1 Å². The smallest absolute Gasteiger partial charge is 0.323 e. The Hall–Kier alpha value is -2.62. The summed E-state index contributed by atoms with van der Waals surface area (Å²) in [6.45, 7) is 2.91. The molecule has 10 heteroatoms. The number of aliphatic carboxylic acids is 1. The summed E-state index contributed by atoms with van der Waals surface area (Å²) in [6.07, 6.45) is 0. The number of hydrogen-bond donors (Lipinski definition) is 2. The number of thioether (sulfide) groups is 1. The van der Waals surface area contributed by atoms with E-state index in [2.05, 4.69) is 0 Å². The molecule has 0 spiro atoms. The number of carbonyl (C=O) groups is 3. The number of primary amides is 1. The Bertz CT molecular complexity index is 676. The van der Waals surface area contributed by atoms with Gasteiger partial charge in [0, 0.05) is 17.7 Å². The van der Waals surface area contributed by atoms with Gasteiger partial charge < -0.3 is 15.7 Å². The number of hydrogen-bond acceptors (Lipinski definition) is 6. The number of carboxylic acids is 1. The van der Waals surface area contributed by atoms with Crippen LogP contribution in [0.25, 0.3) is 0 Å². The number of nitro benzene ring substituents is 1. The number of carbonyl (C=O) groups excluding carboxylic acids is 2. The van der Waals surface area contributed by atoms with Crippen LogP contribution in [0.5, 0.6) is 0 Å². The molecular weight excluding hydrogens is 338 g/mol. The number of nitro groups is 1. The van der Waals surface area contributed by atoms with Gasteiger partial charge in [0.1, 0.15) is 6.54 Å². The van der Waals surface area contributed by atoms with E-state index >= 15 is 0 Å². The lowest BCUT2D eigenvalue weighted by atomic mass is 10.2. The first-order valence-corrected chi connectivity index (χ1v) is 7.84. The maximum absolute atomic E-state index is 12.1. The third-order valence-corrected chi connectivity index (χ3v) is 4.09. The van der Waals surface area contributed by atoms with Crippen LogP contribution in [0.3, 0.4) is 0 Å². The van der Waals surface area contributed by atoms with Gasteiger partial charge in [0.15, 0.2) is 0 Å². The highest BCUT2D eigenvalue weighted by Crippen LogP contribution is 2.30. The molecule has 130 valence electrons. The molecular formula is C14H17N3O6S. The van der Waals surface area contributed by atoms with Gasteiger partial charge in [-0.1, -0.05) is 0 Å². The lowest BCUT2D eigenvalue weighted by molar-refractivity contribution is -0.387. The topological polar surface area (TPSA) is 144 Å². The number of rotatable bonds is 8. The van der Waals surface area contributed by atoms with E-state index < -0.39 is 29.3 Å². The molecule has 24 heavy (non-hydrogen) atoms. The van der Waals surface area contributed by atoms with Crippen molar-refractivity contribution >= 4 is 35.2 Å². The Labute approximate surface area is 142 Å². The Balaban J connectivity index is 2.93. The highest BCUT2D eigenvalue weighted by atomic mass is 32.2. The van der Waals surface area contributed by atoms with Crippen molar-refractivity contribution in [2.45, 2.75) is 24.8 Å². The van der Waals surface area contributed by atoms with Crippen LogP contribution in [0.2, 0.25) is 0 Å². The molecule has 0 bridgehead atoms. The molecule has 0 aromatic heterocycles.